The van der Waals surface area contributed by atoms with Crippen molar-refractivity contribution >= 4 is 11.9 Å². The van der Waals surface area contributed by atoms with Gasteiger partial charge in [0.25, 0.3) is 0 Å². The number of ether oxygens (including phenoxy) is 1. The molecule has 120 valence electrons. The monoisotopic (exact) mass is 298 g/mol. The molecule has 1 aliphatic carbocycles. The van der Waals surface area contributed by atoms with E-state index in [2.05, 4.69) is 5.32 Å². The maximum Gasteiger partial charge on any atom is 0.305 e. The highest BCUT2D eigenvalue weighted by molar-refractivity contribution is 5.90. The molecule has 1 amide bonds. The third-order valence-corrected chi connectivity index (χ3v) is 5.31. The van der Waals surface area contributed by atoms with Crippen molar-refractivity contribution in [2.45, 2.75) is 64.1 Å². The van der Waals surface area contributed by atoms with Gasteiger partial charge in [-0.25, -0.2) is 0 Å². The first-order valence-electron chi connectivity index (χ1n) is 7.68. The summed E-state index contributed by atoms with van der Waals surface area (Å²) in [5.41, 5.74) is 5.05. The second kappa shape index (κ2) is 5.57. The Morgan fingerprint density at radius 2 is 2.14 bits per heavy atom. The maximum atomic E-state index is 12.7. The molecule has 4 N–H and O–H groups in total. The van der Waals surface area contributed by atoms with E-state index in [1.807, 2.05) is 20.8 Å². The number of fused-ring (bicyclic) bond motifs is 1. The number of hydrogen-bond acceptors (Lipinski definition) is 4. The van der Waals surface area contributed by atoms with Crippen LogP contribution in [0.15, 0.2) is 0 Å². The Balaban J connectivity index is 2.11. The van der Waals surface area contributed by atoms with Crippen LogP contribution in [0, 0.1) is 11.3 Å². The van der Waals surface area contributed by atoms with Gasteiger partial charge in [-0.05, 0) is 19.3 Å². The Kier molecular flexibility index (Phi) is 4.31. The number of nitrogens with one attached hydrogen (secondary N) is 1. The smallest absolute Gasteiger partial charge is 0.305 e. The van der Waals surface area contributed by atoms with Crippen LogP contribution in [0.3, 0.4) is 0 Å². The zero-order valence-electron chi connectivity index (χ0n) is 13.0. The van der Waals surface area contributed by atoms with Crippen LogP contribution in [0.25, 0.3) is 0 Å². The molecule has 0 radical (unpaired) electrons. The topological polar surface area (TPSA) is 102 Å². The van der Waals surface area contributed by atoms with E-state index in [1.165, 1.54) is 0 Å². The number of hydrogen-bond donors (Lipinski definition) is 3. The maximum absolute atomic E-state index is 12.7. The Labute approximate surface area is 125 Å². The lowest BCUT2D eigenvalue weighted by Gasteiger charge is -2.65. The normalized spacial score (nSPS) is 35.2. The summed E-state index contributed by atoms with van der Waals surface area (Å²) in [6.45, 7) is 6.49. The van der Waals surface area contributed by atoms with E-state index in [-0.39, 0.29) is 30.4 Å². The standard InChI is InChI=1S/C15H26N2O4/c1-4-9(8-11(18)19)17-13(20)15(16)10-6-5-7-21-12(10)14(15,2)3/h9-10,12H,4-8,16H2,1-3H3,(H,17,20)(H,18,19). The molecule has 4 atom stereocenters. The minimum absolute atomic E-state index is 0.0153. The Morgan fingerprint density at radius 3 is 2.71 bits per heavy atom. The second-order valence-electron chi connectivity index (χ2n) is 6.81. The molecule has 0 aromatic heterocycles. The molecule has 1 heterocycles. The van der Waals surface area contributed by atoms with Crippen LogP contribution in [0.1, 0.15) is 46.5 Å². The van der Waals surface area contributed by atoms with Crippen molar-refractivity contribution in [3.63, 3.8) is 0 Å². The van der Waals surface area contributed by atoms with Gasteiger partial charge in [-0.15, -0.1) is 0 Å². The van der Waals surface area contributed by atoms with Crippen molar-refractivity contribution in [2.24, 2.45) is 17.1 Å². The Morgan fingerprint density at radius 1 is 1.48 bits per heavy atom. The summed E-state index contributed by atoms with van der Waals surface area (Å²) in [6.07, 6.45) is 2.30. The summed E-state index contributed by atoms with van der Waals surface area (Å²) in [4.78, 5) is 23.5. The van der Waals surface area contributed by atoms with E-state index < -0.39 is 16.9 Å². The largest absolute Gasteiger partial charge is 0.481 e. The minimum Gasteiger partial charge on any atom is -0.481 e. The summed E-state index contributed by atoms with van der Waals surface area (Å²) in [5, 5.41) is 11.7. The van der Waals surface area contributed by atoms with Gasteiger partial charge >= 0.3 is 5.97 Å². The fourth-order valence-electron chi connectivity index (χ4n) is 3.85. The molecule has 2 rings (SSSR count). The summed E-state index contributed by atoms with van der Waals surface area (Å²) in [7, 11) is 0. The van der Waals surface area contributed by atoms with Gasteiger partial charge in [-0.2, -0.15) is 0 Å². The van der Waals surface area contributed by atoms with Gasteiger partial charge in [0, 0.05) is 24.0 Å². The van der Waals surface area contributed by atoms with Crippen LogP contribution in [0.2, 0.25) is 0 Å². The Bertz CT molecular complexity index is 437. The van der Waals surface area contributed by atoms with E-state index in [1.54, 1.807) is 0 Å². The van der Waals surface area contributed by atoms with Gasteiger partial charge in [-0.1, -0.05) is 20.8 Å². The molecule has 6 nitrogen and oxygen atoms in total. The van der Waals surface area contributed by atoms with E-state index >= 15 is 0 Å². The molecule has 1 saturated carbocycles. The number of carboxylic acids is 1. The van der Waals surface area contributed by atoms with Crippen molar-refractivity contribution in [1.82, 2.24) is 5.32 Å². The predicted molar refractivity (Wildman–Crippen MR) is 77.6 cm³/mol. The zero-order valence-corrected chi connectivity index (χ0v) is 13.0. The second-order valence-corrected chi connectivity index (χ2v) is 6.81. The van der Waals surface area contributed by atoms with Crippen LogP contribution in [-0.4, -0.2) is 41.3 Å². The molecule has 2 fully saturated rings. The predicted octanol–water partition coefficient (Wildman–Crippen LogP) is 0.888. The number of rotatable bonds is 5. The lowest BCUT2D eigenvalue weighted by atomic mass is 9.46. The van der Waals surface area contributed by atoms with E-state index in [0.717, 1.165) is 19.4 Å². The van der Waals surface area contributed by atoms with E-state index in [0.29, 0.717) is 6.42 Å². The molecule has 0 aromatic rings. The fraction of sp³-hybridized carbons (Fsp3) is 0.867. The highest BCUT2D eigenvalue weighted by Crippen LogP contribution is 2.57. The molecule has 4 unspecified atom stereocenters. The van der Waals surface area contributed by atoms with E-state index in [9.17, 15) is 9.59 Å². The van der Waals surface area contributed by atoms with Crippen molar-refractivity contribution in [2.75, 3.05) is 6.61 Å². The van der Waals surface area contributed by atoms with Crippen LogP contribution in [0.5, 0.6) is 0 Å². The third-order valence-electron chi connectivity index (χ3n) is 5.31. The van der Waals surface area contributed by atoms with Crippen LogP contribution >= 0.6 is 0 Å². The summed E-state index contributed by atoms with van der Waals surface area (Å²) in [5.74, 6) is -1.14. The molecular weight excluding hydrogens is 272 g/mol. The molecule has 2 aliphatic rings. The lowest BCUT2D eigenvalue weighted by Crippen LogP contribution is -2.82. The number of carbonyl (C=O) groups is 2. The van der Waals surface area contributed by atoms with Crippen LogP contribution in [0.4, 0.5) is 0 Å². The SMILES string of the molecule is CCC(CC(=O)O)NC(=O)C1(N)C2CCCOC2C1(C)C. The highest BCUT2D eigenvalue weighted by Gasteiger charge is 2.70. The first-order chi connectivity index (χ1) is 9.75. The number of aliphatic carboxylic acids is 1. The van der Waals surface area contributed by atoms with Crippen molar-refractivity contribution in [1.29, 1.82) is 0 Å². The zero-order chi connectivity index (χ0) is 15.8. The van der Waals surface area contributed by atoms with Crippen molar-refractivity contribution < 1.29 is 19.4 Å². The lowest BCUT2D eigenvalue weighted by molar-refractivity contribution is -0.225. The van der Waals surface area contributed by atoms with Gasteiger partial charge in [0.05, 0.1) is 12.5 Å². The number of carboxylic acid groups (broad SMARTS) is 1. The molecule has 21 heavy (non-hydrogen) atoms. The molecule has 0 spiro atoms. The van der Waals surface area contributed by atoms with Gasteiger partial charge < -0.3 is 20.9 Å². The molecule has 1 aliphatic heterocycles. The van der Waals surface area contributed by atoms with E-state index in [4.69, 9.17) is 15.6 Å². The molecule has 6 heteroatoms. The molecule has 0 bridgehead atoms. The minimum atomic E-state index is -0.982. The van der Waals surface area contributed by atoms with Gasteiger partial charge in [0.1, 0.15) is 5.54 Å². The number of nitrogens with two attached hydrogens (primary N) is 1. The van der Waals surface area contributed by atoms with Crippen molar-refractivity contribution in [3.8, 4) is 0 Å². The average molecular weight is 298 g/mol. The van der Waals surface area contributed by atoms with Gasteiger partial charge in [0.15, 0.2) is 0 Å². The summed E-state index contributed by atoms with van der Waals surface area (Å²) in [6, 6.07) is -0.380. The quantitative estimate of drug-likeness (QED) is 0.699. The fourth-order valence-corrected chi connectivity index (χ4v) is 3.85. The first-order valence-corrected chi connectivity index (χ1v) is 7.68. The molecule has 1 saturated heterocycles. The summed E-state index contributed by atoms with van der Waals surface area (Å²) >= 11 is 0. The summed E-state index contributed by atoms with van der Waals surface area (Å²) < 4.78 is 5.78. The molecular formula is C15H26N2O4. The average Bonchev–Trinajstić information content (AvgIpc) is 2.44. The number of amides is 1. The van der Waals surface area contributed by atoms with Crippen molar-refractivity contribution in [3.05, 3.63) is 0 Å². The van der Waals surface area contributed by atoms with Crippen LogP contribution < -0.4 is 11.1 Å². The first kappa shape index (κ1) is 16.2. The molecule has 0 aromatic carbocycles. The number of carbonyl (C=O) groups excluding carboxylic acids is 1. The Hall–Kier alpha value is -1.14. The van der Waals surface area contributed by atoms with Gasteiger partial charge in [0.2, 0.25) is 5.91 Å². The van der Waals surface area contributed by atoms with Crippen LogP contribution in [-0.2, 0) is 14.3 Å². The third kappa shape index (κ3) is 2.44. The van der Waals surface area contributed by atoms with Gasteiger partial charge in [-0.3, -0.25) is 9.59 Å². The highest BCUT2D eigenvalue weighted by atomic mass is 16.5.